The molecule has 0 bridgehead atoms. The molecule has 2 aliphatic heterocycles. The average Bonchev–Trinajstić information content (AvgIpc) is 3.40. The Kier molecular flexibility index (Phi) is 7.98. The summed E-state index contributed by atoms with van der Waals surface area (Å²) in [4.78, 5) is 36.1. The SMILES string of the molecule is NC(=O)[C@@H]1CCCN1C(=O)c1ccc(-c2cnc(OCC3CCN(CC4(C(F)(F)F)CCC4)CC3)nc2)cc1F. The minimum atomic E-state index is -4.15. The summed E-state index contributed by atoms with van der Waals surface area (Å²) in [6.45, 7) is 2.01. The average molecular weight is 564 g/mol. The van der Waals surface area contributed by atoms with Crippen molar-refractivity contribution in [2.75, 3.05) is 32.8 Å². The number of aromatic nitrogens is 2. The zero-order chi connectivity index (χ0) is 28.5. The molecule has 40 heavy (non-hydrogen) atoms. The molecule has 3 fully saturated rings. The second kappa shape index (κ2) is 11.3. The van der Waals surface area contributed by atoms with E-state index >= 15 is 0 Å². The van der Waals surface area contributed by atoms with Gasteiger partial charge in [0, 0.05) is 31.0 Å². The predicted octanol–water partition coefficient (Wildman–Crippen LogP) is 4.20. The number of amides is 2. The molecule has 3 aliphatic rings. The first-order valence-electron chi connectivity index (χ1n) is 13.7. The molecule has 2 amide bonds. The van der Waals surface area contributed by atoms with Crippen molar-refractivity contribution in [1.82, 2.24) is 19.8 Å². The van der Waals surface area contributed by atoms with Crippen LogP contribution < -0.4 is 10.5 Å². The second-order valence-corrected chi connectivity index (χ2v) is 11.2. The Balaban J connectivity index is 1.12. The molecular weight excluding hydrogens is 530 g/mol. The summed E-state index contributed by atoms with van der Waals surface area (Å²) in [5.74, 6) is -1.69. The van der Waals surface area contributed by atoms with E-state index in [-0.39, 0.29) is 36.9 Å². The molecule has 5 rings (SSSR count). The third-order valence-electron chi connectivity index (χ3n) is 8.60. The number of likely N-dealkylation sites (tertiary alicyclic amines) is 2. The lowest BCUT2D eigenvalue weighted by Gasteiger charge is -2.47. The van der Waals surface area contributed by atoms with Crippen molar-refractivity contribution in [2.24, 2.45) is 17.1 Å². The fraction of sp³-hybridized carbons (Fsp3) is 0.571. The number of rotatable bonds is 8. The molecule has 0 unspecified atom stereocenters. The van der Waals surface area contributed by atoms with Gasteiger partial charge in [0.05, 0.1) is 17.6 Å². The van der Waals surface area contributed by atoms with Crippen LogP contribution in [0.5, 0.6) is 6.01 Å². The zero-order valence-electron chi connectivity index (χ0n) is 22.1. The second-order valence-electron chi connectivity index (χ2n) is 11.2. The summed E-state index contributed by atoms with van der Waals surface area (Å²) in [5, 5.41) is 0. The van der Waals surface area contributed by atoms with E-state index in [0.717, 1.165) is 12.8 Å². The van der Waals surface area contributed by atoms with E-state index in [1.807, 2.05) is 4.90 Å². The van der Waals surface area contributed by atoms with Gasteiger partial charge in [0.1, 0.15) is 11.9 Å². The van der Waals surface area contributed by atoms with Crippen LogP contribution in [0, 0.1) is 17.2 Å². The molecule has 2 saturated heterocycles. The number of ether oxygens (including phenoxy) is 1. The molecule has 1 aromatic carbocycles. The fourth-order valence-corrected chi connectivity index (χ4v) is 5.93. The summed E-state index contributed by atoms with van der Waals surface area (Å²) in [5.41, 5.74) is 4.71. The van der Waals surface area contributed by atoms with Gasteiger partial charge in [-0.1, -0.05) is 12.5 Å². The van der Waals surface area contributed by atoms with Gasteiger partial charge in [0.15, 0.2) is 0 Å². The van der Waals surface area contributed by atoms with E-state index in [9.17, 15) is 27.2 Å². The Bertz CT molecular complexity index is 1230. The van der Waals surface area contributed by atoms with E-state index in [1.54, 1.807) is 6.07 Å². The number of alkyl halides is 3. The highest BCUT2D eigenvalue weighted by atomic mass is 19.4. The molecule has 1 atom stereocenters. The third kappa shape index (κ3) is 5.77. The fourth-order valence-electron chi connectivity index (χ4n) is 5.93. The molecule has 1 aromatic heterocycles. The quantitative estimate of drug-likeness (QED) is 0.484. The first-order chi connectivity index (χ1) is 19.1. The molecule has 0 radical (unpaired) electrons. The summed E-state index contributed by atoms with van der Waals surface area (Å²) in [6.07, 6.45) is 2.52. The summed E-state index contributed by atoms with van der Waals surface area (Å²) in [7, 11) is 0. The number of nitrogens with zero attached hydrogens (tertiary/aromatic N) is 4. The lowest BCUT2D eigenvalue weighted by atomic mass is 9.67. The number of hydrogen-bond acceptors (Lipinski definition) is 6. The Morgan fingerprint density at radius 3 is 2.30 bits per heavy atom. The number of carbonyl (C=O) groups excluding carboxylic acids is 2. The molecular formula is C28H33F4N5O3. The van der Waals surface area contributed by atoms with E-state index in [2.05, 4.69) is 9.97 Å². The van der Waals surface area contributed by atoms with Crippen molar-refractivity contribution in [1.29, 1.82) is 0 Å². The minimum absolute atomic E-state index is 0.0799. The highest BCUT2D eigenvalue weighted by molar-refractivity contribution is 5.98. The first-order valence-corrected chi connectivity index (χ1v) is 13.7. The summed E-state index contributed by atoms with van der Waals surface area (Å²) >= 11 is 0. The number of benzene rings is 1. The minimum Gasteiger partial charge on any atom is -0.463 e. The maximum absolute atomic E-state index is 14.9. The van der Waals surface area contributed by atoms with E-state index in [4.69, 9.17) is 10.5 Å². The topological polar surface area (TPSA) is 102 Å². The van der Waals surface area contributed by atoms with Crippen LogP contribution in [-0.2, 0) is 4.79 Å². The predicted molar refractivity (Wildman–Crippen MR) is 138 cm³/mol. The van der Waals surface area contributed by atoms with Crippen LogP contribution in [-0.4, -0.2) is 76.6 Å². The zero-order valence-corrected chi connectivity index (χ0v) is 22.1. The Labute approximate surface area is 229 Å². The molecule has 216 valence electrons. The first kappa shape index (κ1) is 28.3. The van der Waals surface area contributed by atoms with Crippen molar-refractivity contribution >= 4 is 11.8 Å². The Morgan fingerprint density at radius 1 is 1.02 bits per heavy atom. The highest BCUT2D eigenvalue weighted by Crippen LogP contribution is 2.53. The van der Waals surface area contributed by atoms with Crippen LogP contribution in [0.3, 0.4) is 0 Å². The van der Waals surface area contributed by atoms with Crippen molar-refractivity contribution in [3.05, 3.63) is 42.0 Å². The van der Waals surface area contributed by atoms with E-state index < -0.39 is 35.3 Å². The monoisotopic (exact) mass is 563 g/mol. The molecule has 3 heterocycles. The lowest BCUT2D eigenvalue weighted by Crippen LogP contribution is -2.53. The molecule has 2 N–H and O–H groups in total. The summed E-state index contributed by atoms with van der Waals surface area (Å²) in [6, 6.07) is 3.62. The lowest BCUT2D eigenvalue weighted by molar-refractivity contribution is -0.256. The number of carbonyl (C=O) groups is 2. The largest absolute Gasteiger partial charge is 0.463 e. The standard InChI is InChI=1S/C28H33F4N5O3/c29-22-13-19(4-5-21(22)25(39)37-10-1-3-23(37)24(33)38)20-14-34-26(35-15-20)40-16-18-6-11-36(12-7-18)17-27(8-2-9-27)28(30,31)32/h4-5,13-15,18,23H,1-3,6-12,16-17H2,(H2,33,38)/t23-/m0/s1. The molecule has 12 heteroatoms. The van der Waals surface area contributed by atoms with Crippen LogP contribution in [0.25, 0.3) is 11.1 Å². The van der Waals surface area contributed by atoms with Gasteiger partial charge in [-0.15, -0.1) is 0 Å². The number of primary amides is 1. The van der Waals surface area contributed by atoms with Gasteiger partial charge in [-0.3, -0.25) is 9.59 Å². The van der Waals surface area contributed by atoms with Crippen molar-refractivity contribution in [3.8, 4) is 17.1 Å². The molecule has 1 aliphatic carbocycles. The van der Waals surface area contributed by atoms with Crippen LogP contribution in [0.2, 0.25) is 0 Å². The normalized spacial score (nSPS) is 21.7. The number of nitrogens with two attached hydrogens (primary N) is 1. The van der Waals surface area contributed by atoms with Crippen LogP contribution in [0.4, 0.5) is 17.6 Å². The highest BCUT2D eigenvalue weighted by Gasteiger charge is 2.58. The van der Waals surface area contributed by atoms with Gasteiger partial charge in [-0.25, -0.2) is 14.4 Å². The van der Waals surface area contributed by atoms with Crippen LogP contribution in [0.1, 0.15) is 55.3 Å². The van der Waals surface area contributed by atoms with Crippen molar-refractivity contribution in [3.63, 3.8) is 0 Å². The van der Waals surface area contributed by atoms with Gasteiger partial charge < -0.3 is 20.3 Å². The molecule has 1 saturated carbocycles. The van der Waals surface area contributed by atoms with Gasteiger partial charge in [0.2, 0.25) is 5.91 Å². The third-order valence-corrected chi connectivity index (χ3v) is 8.60. The van der Waals surface area contributed by atoms with E-state index in [1.165, 1.54) is 29.4 Å². The molecule has 0 spiro atoms. The van der Waals surface area contributed by atoms with Gasteiger partial charge in [0.25, 0.3) is 5.91 Å². The Morgan fingerprint density at radius 2 is 1.73 bits per heavy atom. The Hall–Kier alpha value is -3.28. The van der Waals surface area contributed by atoms with Crippen molar-refractivity contribution < 1.29 is 31.9 Å². The van der Waals surface area contributed by atoms with Gasteiger partial charge in [-0.05, 0) is 75.2 Å². The molecule has 8 nitrogen and oxygen atoms in total. The number of hydrogen-bond donors (Lipinski definition) is 1. The number of halogens is 4. The molecule has 2 aromatic rings. The smallest absolute Gasteiger partial charge is 0.395 e. The van der Waals surface area contributed by atoms with Crippen LogP contribution in [0.15, 0.2) is 30.6 Å². The van der Waals surface area contributed by atoms with Crippen molar-refractivity contribution in [2.45, 2.75) is 57.2 Å². The van der Waals surface area contributed by atoms with Gasteiger partial charge >= 0.3 is 12.2 Å². The number of piperidine rings is 1. The van der Waals surface area contributed by atoms with Gasteiger partial charge in [-0.2, -0.15) is 13.2 Å². The maximum atomic E-state index is 14.9. The maximum Gasteiger partial charge on any atom is 0.395 e. The summed E-state index contributed by atoms with van der Waals surface area (Å²) < 4.78 is 61.1. The van der Waals surface area contributed by atoms with Crippen LogP contribution >= 0.6 is 0 Å². The van der Waals surface area contributed by atoms with E-state index in [0.29, 0.717) is 56.6 Å².